The van der Waals surface area contributed by atoms with Crippen LogP contribution in [-0.4, -0.2) is 9.55 Å². The van der Waals surface area contributed by atoms with E-state index in [-0.39, 0.29) is 11.2 Å². The zero-order valence-corrected chi connectivity index (χ0v) is 11.6. The molecule has 19 heavy (non-hydrogen) atoms. The highest BCUT2D eigenvalue weighted by molar-refractivity contribution is 6.41. The Morgan fingerprint density at radius 2 is 1.84 bits per heavy atom. The number of fused-ring (bicyclic) bond motifs is 1. The lowest BCUT2D eigenvalue weighted by molar-refractivity contribution is -0.137. The predicted octanol–water partition coefficient (Wildman–Crippen LogP) is 4.27. The number of nitrogens with two attached hydrogens (primary N) is 1. The summed E-state index contributed by atoms with van der Waals surface area (Å²) in [6, 6.07) is 0. The number of anilines is 1. The summed E-state index contributed by atoms with van der Waals surface area (Å²) in [5, 5.41) is -1.10. The first-order chi connectivity index (χ1) is 8.70. The monoisotopic (exact) mass is 311 g/mol. The lowest BCUT2D eigenvalue weighted by Crippen LogP contribution is -2.10. The van der Waals surface area contributed by atoms with E-state index in [2.05, 4.69) is 4.98 Å². The van der Waals surface area contributed by atoms with Crippen molar-refractivity contribution in [2.75, 3.05) is 5.73 Å². The molecule has 0 aliphatic carbocycles. The second-order valence-electron chi connectivity index (χ2n) is 4.01. The summed E-state index contributed by atoms with van der Waals surface area (Å²) in [7, 11) is 0. The third kappa shape index (κ3) is 2.03. The van der Waals surface area contributed by atoms with Crippen molar-refractivity contribution in [1.29, 1.82) is 0 Å². The molecule has 0 radical (unpaired) electrons. The molecule has 8 heteroatoms. The molecule has 0 saturated heterocycles. The maximum Gasteiger partial charge on any atom is 0.419 e. The molecule has 0 fully saturated rings. The van der Waals surface area contributed by atoms with E-state index in [9.17, 15) is 13.2 Å². The topological polar surface area (TPSA) is 43.8 Å². The molecule has 1 heterocycles. The van der Waals surface area contributed by atoms with Gasteiger partial charge in [-0.3, -0.25) is 0 Å². The van der Waals surface area contributed by atoms with Crippen LogP contribution in [0.2, 0.25) is 10.0 Å². The van der Waals surface area contributed by atoms with Gasteiger partial charge in [-0.15, -0.1) is 0 Å². The minimum atomic E-state index is -4.68. The van der Waals surface area contributed by atoms with E-state index in [4.69, 9.17) is 28.9 Å². The molecule has 0 spiro atoms. The van der Waals surface area contributed by atoms with Gasteiger partial charge in [0, 0.05) is 6.54 Å². The number of hydrogen-bond donors (Lipinski definition) is 1. The summed E-state index contributed by atoms with van der Waals surface area (Å²) >= 11 is 11.5. The lowest BCUT2D eigenvalue weighted by atomic mass is 10.1. The minimum absolute atomic E-state index is 0.0234. The number of aromatic nitrogens is 2. The van der Waals surface area contributed by atoms with Gasteiger partial charge >= 0.3 is 6.18 Å². The van der Waals surface area contributed by atoms with E-state index >= 15 is 0 Å². The molecule has 0 aliphatic heterocycles. The van der Waals surface area contributed by atoms with Crippen molar-refractivity contribution in [3.63, 3.8) is 0 Å². The van der Waals surface area contributed by atoms with Crippen molar-refractivity contribution < 1.29 is 13.2 Å². The van der Waals surface area contributed by atoms with Crippen molar-refractivity contribution in [3.05, 3.63) is 21.4 Å². The van der Waals surface area contributed by atoms with Crippen LogP contribution in [0.25, 0.3) is 11.0 Å². The first-order valence-electron chi connectivity index (χ1n) is 5.40. The number of nitrogen functional groups attached to an aromatic ring is 1. The predicted molar refractivity (Wildman–Crippen MR) is 69.6 cm³/mol. The van der Waals surface area contributed by atoms with Crippen LogP contribution in [0.3, 0.4) is 0 Å². The third-order valence-electron chi connectivity index (χ3n) is 2.90. The first-order valence-corrected chi connectivity index (χ1v) is 6.16. The van der Waals surface area contributed by atoms with Gasteiger partial charge in [0.25, 0.3) is 0 Å². The minimum Gasteiger partial charge on any atom is -0.396 e. The smallest absolute Gasteiger partial charge is 0.396 e. The van der Waals surface area contributed by atoms with E-state index in [0.29, 0.717) is 17.9 Å². The summed E-state index contributed by atoms with van der Waals surface area (Å²) in [5.74, 6) is 0.529. The molecular weight excluding hydrogens is 302 g/mol. The molecule has 0 unspecified atom stereocenters. The van der Waals surface area contributed by atoms with Crippen molar-refractivity contribution in [2.45, 2.75) is 26.6 Å². The zero-order chi connectivity index (χ0) is 14.5. The number of rotatable bonds is 1. The Balaban J connectivity index is 3.00. The fraction of sp³-hybridized carbons (Fsp3) is 0.364. The van der Waals surface area contributed by atoms with Crippen LogP contribution >= 0.6 is 23.2 Å². The first kappa shape index (κ1) is 14.3. The fourth-order valence-electron chi connectivity index (χ4n) is 2.08. The van der Waals surface area contributed by atoms with E-state index in [1.807, 2.05) is 6.92 Å². The molecule has 0 atom stereocenters. The van der Waals surface area contributed by atoms with Gasteiger partial charge in [0.15, 0.2) is 0 Å². The normalized spacial score (nSPS) is 12.4. The summed E-state index contributed by atoms with van der Waals surface area (Å²) in [5.41, 5.74) is 4.79. The maximum atomic E-state index is 12.9. The van der Waals surface area contributed by atoms with E-state index in [1.54, 1.807) is 11.5 Å². The van der Waals surface area contributed by atoms with Crippen molar-refractivity contribution in [3.8, 4) is 0 Å². The number of hydrogen-bond acceptors (Lipinski definition) is 2. The molecule has 0 saturated carbocycles. The lowest BCUT2D eigenvalue weighted by Gasteiger charge is -2.14. The molecule has 1 aromatic heterocycles. The number of halogens is 5. The molecule has 1 aromatic carbocycles. The van der Waals surface area contributed by atoms with Crippen LogP contribution in [0.5, 0.6) is 0 Å². The standard InChI is InChI=1S/C11H10Cl2F3N3/c1-3-19-4(2)18-9-7(13)5(11(14,15)16)6(12)8(17)10(9)19/h3,17H2,1-2H3. The van der Waals surface area contributed by atoms with Gasteiger partial charge in [-0.05, 0) is 13.8 Å². The van der Waals surface area contributed by atoms with Crippen LogP contribution in [0.15, 0.2) is 0 Å². The Kier molecular flexibility index (Phi) is 3.35. The van der Waals surface area contributed by atoms with Gasteiger partial charge in [-0.25, -0.2) is 4.98 Å². The molecule has 3 nitrogen and oxygen atoms in total. The highest BCUT2D eigenvalue weighted by Crippen LogP contribution is 2.46. The van der Waals surface area contributed by atoms with Crippen LogP contribution < -0.4 is 5.73 Å². The van der Waals surface area contributed by atoms with Gasteiger partial charge in [0.1, 0.15) is 11.3 Å². The van der Waals surface area contributed by atoms with Crippen LogP contribution in [0.4, 0.5) is 18.9 Å². The molecule has 0 amide bonds. The molecule has 2 aromatic rings. The SMILES string of the molecule is CCn1c(C)nc2c(Cl)c(C(F)(F)F)c(Cl)c(N)c21. The quantitative estimate of drug-likeness (QED) is 0.799. The Morgan fingerprint density at radius 1 is 1.26 bits per heavy atom. The maximum absolute atomic E-state index is 12.9. The van der Waals surface area contributed by atoms with Crippen LogP contribution in [0.1, 0.15) is 18.3 Å². The van der Waals surface area contributed by atoms with E-state index in [1.165, 1.54) is 0 Å². The summed E-state index contributed by atoms with van der Waals surface area (Å²) in [4.78, 5) is 4.05. The van der Waals surface area contributed by atoms with Gasteiger partial charge in [0.05, 0.1) is 26.8 Å². The molecule has 104 valence electrons. The molecule has 0 aliphatic rings. The number of alkyl halides is 3. The average molecular weight is 312 g/mol. The second kappa shape index (κ2) is 4.45. The van der Waals surface area contributed by atoms with Crippen molar-refractivity contribution in [2.24, 2.45) is 0 Å². The summed E-state index contributed by atoms with van der Waals surface area (Å²) in [6.07, 6.45) is -4.68. The number of nitrogens with zero attached hydrogens (tertiary/aromatic N) is 2. The number of imidazole rings is 1. The molecule has 0 bridgehead atoms. The highest BCUT2D eigenvalue weighted by Gasteiger charge is 2.39. The highest BCUT2D eigenvalue weighted by atomic mass is 35.5. The van der Waals surface area contributed by atoms with Gasteiger partial charge in [-0.2, -0.15) is 13.2 Å². The van der Waals surface area contributed by atoms with E-state index < -0.39 is 21.8 Å². The van der Waals surface area contributed by atoms with Gasteiger partial charge < -0.3 is 10.3 Å². The summed E-state index contributed by atoms with van der Waals surface area (Å²) < 4.78 is 40.5. The van der Waals surface area contributed by atoms with Crippen LogP contribution in [-0.2, 0) is 12.7 Å². The molecular formula is C11H10Cl2F3N3. The summed E-state index contributed by atoms with van der Waals surface area (Å²) in [6.45, 7) is 4.00. The Bertz CT molecular complexity index is 662. The largest absolute Gasteiger partial charge is 0.419 e. The van der Waals surface area contributed by atoms with Crippen molar-refractivity contribution >= 4 is 39.9 Å². The van der Waals surface area contributed by atoms with Crippen LogP contribution in [0, 0.1) is 6.92 Å². The molecule has 2 rings (SSSR count). The number of aryl methyl sites for hydroxylation is 2. The van der Waals surface area contributed by atoms with Gasteiger partial charge in [-0.1, -0.05) is 23.2 Å². The average Bonchev–Trinajstić information content (AvgIpc) is 2.62. The van der Waals surface area contributed by atoms with Crippen molar-refractivity contribution in [1.82, 2.24) is 9.55 Å². The Morgan fingerprint density at radius 3 is 2.32 bits per heavy atom. The number of benzene rings is 1. The zero-order valence-electron chi connectivity index (χ0n) is 10.1. The van der Waals surface area contributed by atoms with Gasteiger partial charge in [0.2, 0.25) is 0 Å². The fourth-order valence-corrected chi connectivity index (χ4v) is 2.75. The van der Waals surface area contributed by atoms with E-state index in [0.717, 1.165) is 0 Å². The Labute approximate surface area is 117 Å². The Hall–Kier alpha value is -1.14. The third-order valence-corrected chi connectivity index (χ3v) is 3.66. The molecule has 2 N–H and O–H groups in total. The second-order valence-corrected chi connectivity index (χ2v) is 4.77.